The Morgan fingerprint density at radius 2 is 1.94 bits per heavy atom. The molecule has 0 saturated carbocycles. The van der Waals surface area contributed by atoms with Crippen LogP contribution in [-0.4, -0.2) is 33.6 Å². The van der Waals surface area contributed by atoms with Crippen LogP contribution in [0.15, 0.2) is 22.7 Å². The molecule has 18 heavy (non-hydrogen) atoms. The molecule has 96 valence electrons. The van der Waals surface area contributed by atoms with Crippen LogP contribution >= 0.6 is 0 Å². The van der Waals surface area contributed by atoms with Gasteiger partial charge in [-0.3, -0.25) is 0 Å². The van der Waals surface area contributed by atoms with Crippen molar-refractivity contribution < 1.29 is 13.2 Å². The van der Waals surface area contributed by atoms with Crippen molar-refractivity contribution in [2.45, 2.75) is 21.2 Å². The molecular weight excluding hydrogens is 347 g/mol. The van der Waals surface area contributed by atoms with E-state index in [1.165, 1.54) is 0 Å². The van der Waals surface area contributed by atoms with Crippen LogP contribution in [0, 0.1) is 0 Å². The van der Waals surface area contributed by atoms with E-state index >= 15 is 0 Å². The van der Waals surface area contributed by atoms with Gasteiger partial charge in [-0.15, -0.1) is 0 Å². The summed E-state index contributed by atoms with van der Waals surface area (Å²) in [4.78, 5) is 11.0. The van der Waals surface area contributed by atoms with Crippen LogP contribution in [0.3, 0.4) is 0 Å². The fraction of sp³-hybridized carbons (Fsp3) is 0.364. The Bertz CT molecular complexity index is 551. The number of hydrogen-bond donors (Lipinski definition) is 0. The Morgan fingerprint density at radius 1 is 1.22 bits per heavy atom. The van der Waals surface area contributed by atoms with Crippen molar-refractivity contribution >= 4 is 22.1 Å². The molecule has 2 rings (SSSR count). The first-order valence-corrected chi connectivity index (χ1v) is 15.5. The van der Waals surface area contributed by atoms with Crippen LogP contribution in [0.1, 0.15) is 12.3 Å². The number of rotatable bonds is 3. The summed E-state index contributed by atoms with van der Waals surface area (Å²) < 4.78 is 30.7. The number of nitrogens with zero attached hydrogens (tertiary/aromatic N) is 3. The molecule has 0 radical (unpaired) electrons. The summed E-state index contributed by atoms with van der Waals surface area (Å²) in [6.45, 7) is 0. The Kier molecular flexibility index (Phi) is 3.65. The van der Waals surface area contributed by atoms with Gasteiger partial charge in [0.05, 0.1) is 0 Å². The Hall–Kier alpha value is -1.05. The molecule has 2 aromatic rings. The van der Waals surface area contributed by atoms with E-state index in [4.69, 9.17) is 4.42 Å². The third-order valence-corrected chi connectivity index (χ3v) is 7.57. The Labute approximate surface area is 107 Å². The van der Waals surface area contributed by atoms with E-state index in [2.05, 4.69) is 30.0 Å². The van der Waals surface area contributed by atoms with Crippen molar-refractivity contribution in [3.8, 4) is 11.5 Å². The van der Waals surface area contributed by atoms with Gasteiger partial charge < -0.3 is 0 Å². The molecule has 7 heteroatoms. The van der Waals surface area contributed by atoms with E-state index in [1.54, 1.807) is 12.3 Å². The molecule has 2 aromatic heterocycles. The minimum atomic E-state index is -2.74. The predicted molar refractivity (Wildman–Crippen MR) is 65.5 cm³/mol. The van der Waals surface area contributed by atoms with Gasteiger partial charge in [0.1, 0.15) is 0 Å². The van der Waals surface area contributed by atoms with Crippen LogP contribution in [0.5, 0.6) is 0 Å². The van der Waals surface area contributed by atoms with Gasteiger partial charge in [0, 0.05) is 0 Å². The van der Waals surface area contributed by atoms with E-state index < -0.39 is 30.7 Å². The SMILES string of the molecule is [CH3][Sn]([CH3])([CH3])[c]1cc(-c2nnc(C(F)F)o2)ccn1. The number of aromatic nitrogens is 3. The van der Waals surface area contributed by atoms with E-state index in [0.717, 1.165) is 3.71 Å². The molecule has 0 amide bonds. The van der Waals surface area contributed by atoms with E-state index in [9.17, 15) is 8.78 Å². The molecule has 0 aliphatic heterocycles. The summed E-state index contributed by atoms with van der Waals surface area (Å²) in [6.07, 6.45) is -1.09. The summed E-state index contributed by atoms with van der Waals surface area (Å²) in [5.41, 5.74) is 0.644. The standard InChI is InChI=1S/C8H4F2N3O.3CH3.Sn/c9-6(10)8-13-12-7(14-8)5-1-3-11-4-2-5;;;;/h1-3,6H;3*1H3;. The summed E-state index contributed by atoms with van der Waals surface area (Å²) in [5, 5.41) is 6.94. The molecular formula is C11H13F2N3OSn. The van der Waals surface area contributed by atoms with E-state index in [0.29, 0.717) is 5.56 Å². The average molecular weight is 360 g/mol. The molecule has 0 aromatic carbocycles. The van der Waals surface area contributed by atoms with Gasteiger partial charge in [0.25, 0.3) is 0 Å². The van der Waals surface area contributed by atoms with Crippen LogP contribution in [0.4, 0.5) is 8.78 Å². The molecule has 0 atom stereocenters. The zero-order valence-corrected chi connectivity index (χ0v) is 13.2. The Morgan fingerprint density at radius 3 is 2.50 bits per heavy atom. The van der Waals surface area contributed by atoms with Crippen LogP contribution < -0.4 is 3.71 Å². The molecule has 0 unspecified atom stereocenters. The first-order valence-electron chi connectivity index (χ1n) is 5.46. The van der Waals surface area contributed by atoms with Gasteiger partial charge in [-0.05, 0) is 0 Å². The monoisotopic (exact) mass is 361 g/mol. The zero-order valence-electron chi connectivity index (χ0n) is 10.3. The van der Waals surface area contributed by atoms with Crippen molar-refractivity contribution in [3.05, 3.63) is 24.2 Å². The average Bonchev–Trinajstić information content (AvgIpc) is 2.77. The second kappa shape index (κ2) is 4.91. The van der Waals surface area contributed by atoms with Crippen LogP contribution in [0.2, 0.25) is 14.8 Å². The Balaban J connectivity index is 2.38. The van der Waals surface area contributed by atoms with Crippen molar-refractivity contribution in [1.82, 2.24) is 15.2 Å². The quantitative estimate of drug-likeness (QED) is 0.790. The molecule has 0 saturated heterocycles. The minimum absolute atomic E-state index is 0.115. The number of alkyl halides is 2. The van der Waals surface area contributed by atoms with Gasteiger partial charge in [0.2, 0.25) is 0 Å². The van der Waals surface area contributed by atoms with Crippen molar-refractivity contribution in [2.24, 2.45) is 0 Å². The molecule has 0 aliphatic rings. The second-order valence-electron chi connectivity index (χ2n) is 4.93. The normalized spacial score (nSPS) is 12.1. The van der Waals surface area contributed by atoms with Gasteiger partial charge >= 0.3 is 107 Å². The number of pyridine rings is 1. The first kappa shape index (κ1) is 13.4. The van der Waals surface area contributed by atoms with E-state index in [-0.39, 0.29) is 5.89 Å². The molecule has 0 bridgehead atoms. The van der Waals surface area contributed by atoms with Gasteiger partial charge in [0.15, 0.2) is 0 Å². The maximum atomic E-state index is 12.4. The van der Waals surface area contributed by atoms with Crippen molar-refractivity contribution in [1.29, 1.82) is 0 Å². The van der Waals surface area contributed by atoms with E-state index in [1.807, 2.05) is 6.07 Å². The molecule has 2 heterocycles. The topological polar surface area (TPSA) is 51.8 Å². The summed E-state index contributed by atoms with van der Waals surface area (Å²) in [6, 6.07) is 3.54. The summed E-state index contributed by atoms with van der Waals surface area (Å²) in [5.74, 6) is -0.535. The van der Waals surface area contributed by atoms with Crippen molar-refractivity contribution in [3.63, 3.8) is 0 Å². The third-order valence-electron chi connectivity index (χ3n) is 2.40. The number of hydrogen-bond acceptors (Lipinski definition) is 4. The van der Waals surface area contributed by atoms with Crippen LogP contribution in [0.25, 0.3) is 11.5 Å². The van der Waals surface area contributed by atoms with Gasteiger partial charge in [-0.1, -0.05) is 0 Å². The molecule has 0 fully saturated rings. The molecule has 0 spiro atoms. The molecule has 4 nitrogen and oxygen atoms in total. The zero-order chi connectivity index (χ0) is 13.3. The number of halogens is 2. The fourth-order valence-electron chi connectivity index (χ4n) is 1.41. The van der Waals surface area contributed by atoms with Gasteiger partial charge in [-0.2, -0.15) is 0 Å². The third kappa shape index (κ3) is 2.85. The maximum absolute atomic E-state index is 12.4. The summed E-state index contributed by atoms with van der Waals surface area (Å²) >= 11 is -2.29. The molecule has 0 aliphatic carbocycles. The second-order valence-corrected chi connectivity index (χ2v) is 19.2. The molecule has 0 N–H and O–H groups in total. The van der Waals surface area contributed by atoms with Crippen LogP contribution in [-0.2, 0) is 0 Å². The van der Waals surface area contributed by atoms with Gasteiger partial charge in [-0.25, -0.2) is 0 Å². The van der Waals surface area contributed by atoms with Crippen molar-refractivity contribution in [2.75, 3.05) is 0 Å². The predicted octanol–water partition coefficient (Wildman–Crippen LogP) is 2.61. The fourth-order valence-corrected chi connectivity index (χ4v) is 4.41. The first-order chi connectivity index (χ1) is 8.38. The summed E-state index contributed by atoms with van der Waals surface area (Å²) in [7, 11) is 0.